The van der Waals surface area contributed by atoms with Gasteiger partial charge in [0.1, 0.15) is 0 Å². The van der Waals surface area contributed by atoms with E-state index in [0.717, 1.165) is 39.3 Å². The molecule has 1 aliphatic rings. The molecule has 2 unspecified atom stereocenters. The molecule has 0 amide bonds. The van der Waals surface area contributed by atoms with Crippen LogP contribution in [0.1, 0.15) is 33.1 Å². The summed E-state index contributed by atoms with van der Waals surface area (Å²) in [4.78, 5) is 2.47. The van der Waals surface area contributed by atoms with Gasteiger partial charge in [0.2, 0.25) is 0 Å². The monoisotopic (exact) mass is 302 g/mol. The molecule has 5 nitrogen and oxygen atoms in total. The first-order valence-electron chi connectivity index (χ1n) is 8.45. The highest BCUT2D eigenvalue weighted by atomic mass is 16.5. The Hall–Kier alpha value is -0.200. The summed E-state index contributed by atoms with van der Waals surface area (Å²) in [5.74, 6) is 0.663. The molecule has 0 spiro atoms. The van der Waals surface area contributed by atoms with E-state index >= 15 is 0 Å². The second kappa shape index (κ2) is 12.4. The second-order valence-corrected chi connectivity index (χ2v) is 5.87. The van der Waals surface area contributed by atoms with Gasteiger partial charge in [-0.3, -0.25) is 4.90 Å². The molecule has 0 aromatic rings. The van der Waals surface area contributed by atoms with Crippen molar-refractivity contribution < 1.29 is 14.2 Å². The molecule has 1 fully saturated rings. The van der Waals surface area contributed by atoms with Crippen molar-refractivity contribution in [1.29, 1.82) is 0 Å². The zero-order valence-electron chi connectivity index (χ0n) is 13.9. The SMILES string of the molecule is CCCCOCCOCCOCCN1CC(CN)CC1C. The van der Waals surface area contributed by atoms with E-state index in [1.54, 1.807) is 0 Å². The molecule has 1 rings (SSSR count). The Bertz CT molecular complexity index is 242. The van der Waals surface area contributed by atoms with Crippen molar-refractivity contribution in [2.24, 2.45) is 11.7 Å². The maximum absolute atomic E-state index is 5.73. The summed E-state index contributed by atoms with van der Waals surface area (Å²) < 4.78 is 16.5. The summed E-state index contributed by atoms with van der Waals surface area (Å²) >= 11 is 0. The minimum Gasteiger partial charge on any atom is -0.379 e. The first kappa shape index (κ1) is 18.8. The van der Waals surface area contributed by atoms with E-state index in [9.17, 15) is 0 Å². The molecule has 126 valence electrons. The van der Waals surface area contributed by atoms with Crippen LogP contribution >= 0.6 is 0 Å². The molecular formula is C16H34N2O3. The second-order valence-electron chi connectivity index (χ2n) is 5.87. The van der Waals surface area contributed by atoms with Gasteiger partial charge in [-0.2, -0.15) is 0 Å². The summed E-state index contributed by atoms with van der Waals surface area (Å²) in [5.41, 5.74) is 5.73. The molecule has 0 bridgehead atoms. The molecule has 2 N–H and O–H groups in total. The zero-order valence-corrected chi connectivity index (χ0v) is 13.9. The maximum atomic E-state index is 5.73. The van der Waals surface area contributed by atoms with Crippen molar-refractivity contribution in [3.8, 4) is 0 Å². The number of hydrogen-bond donors (Lipinski definition) is 1. The van der Waals surface area contributed by atoms with E-state index < -0.39 is 0 Å². The van der Waals surface area contributed by atoms with Gasteiger partial charge in [0.25, 0.3) is 0 Å². The standard InChI is InChI=1S/C16H34N2O3/c1-3-4-6-19-8-10-21-11-9-20-7-5-18-14-16(13-17)12-15(18)2/h15-16H,3-14,17H2,1-2H3. The molecule has 2 atom stereocenters. The lowest BCUT2D eigenvalue weighted by molar-refractivity contribution is 0.00977. The van der Waals surface area contributed by atoms with Crippen LogP contribution in [0.5, 0.6) is 0 Å². The first-order chi connectivity index (χ1) is 10.3. The van der Waals surface area contributed by atoms with Crippen LogP contribution in [-0.4, -0.2) is 70.2 Å². The van der Waals surface area contributed by atoms with Gasteiger partial charge in [0.15, 0.2) is 0 Å². The number of ether oxygens (including phenoxy) is 3. The van der Waals surface area contributed by atoms with Gasteiger partial charge in [-0.25, -0.2) is 0 Å². The van der Waals surface area contributed by atoms with Crippen LogP contribution in [0.3, 0.4) is 0 Å². The molecule has 1 saturated heterocycles. The van der Waals surface area contributed by atoms with Gasteiger partial charge in [-0.1, -0.05) is 13.3 Å². The average molecular weight is 302 g/mol. The summed E-state index contributed by atoms with van der Waals surface area (Å²) in [6, 6.07) is 0.638. The molecule has 0 aromatic carbocycles. The van der Waals surface area contributed by atoms with Crippen LogP contribution in [0.15, 0.2) is 0 Å². The third kappa shape index (κ3) is 8.73. The Morgan fingerprint density at radius 3 is 2.19 bits per heavy atom. The fourth-order valence-corrected chi connectivity index (χ4v) is 2.67. The Morgan fingerprint density at radius 2 is 1.62 bits per heavy atom. The molecular weight excluding hydrogens is 268 g/mol. The number of nitrogens with two attached hydrogens (primary N) is 1. The number of rotatable bonds is 13. The van der Waals surface area contributed by atoms with Crippen LogP contribution in [0.25, 0.3) is 0 Å². The third-order valence-corrected chi connectivity index (χ3v) is 4.03. The Labute approximate surface area is 130 Å². The van der Waals surface area contributed by atoms with Crippen molar-refractivity contribution in [3.63, 3.8) is 0 Å². The molecule has 1 aliphatic heterocycles. The fourth-order valence-electron chi connectivity index (χ4n) is 2.67. The van der Waals surface area contributed by atoms with Crippen LogP contribution in [0, 0.1) is 5.92 Å². The summed E-state index contributed by atoms with van der Waals surface area (Å²) in [6.45, 7) is 11.6. The molecule has 1 heterocycles. The van der Waals surface area contributed by atoms with Crippen molar-refractivity contribution in [2.75, 3.05) is 59.3 Å². The van der Waals surface area contributed by atoms with Crippen molar-refractivity contribution >= 4 is 0 Å². The number of likely N-dealkylation sites (tertiary alicyclic amines) is 1. The van der Waals surface area contributed by atoms with E-state index in [0.29, 0.717) is 38.4 Å². The lowest BCUT2D eigenvalue weighted by Crippen LogP contribution is -2.31. The minimum absolute atomic E-state index is 0.638. The average Bonchev–Trinajstić information content (AvgIpc) is 2.85. The Balaban J connectivity index is 1.82. The van der Waals surface area contributed by atoms with Crippen molar-refractivity contribution in [3.05, 3.63) is 0 Å². The third-order valence-electron chi connectivity index (χ3n) is 4.03. The lowest BCUT2D eigenvalue weighted by Gasteiger charge is -2.20. The van der Waals surface area contributed by atoms with Crippen LogP contribution in [0.4, 0.5) is 0 Å². The van der Waals surface area contributed by atoms with E-state index in [1.165, 1.54) is 12.8 Å². The molecule has 0 aliphatic carbocycles. The fraction of sp³-hybridized carbons (Fsp3) is 1.00. The topological polar surface area (TPSA) is 57.0 Å². The number of nitrogens with zero attached hydrogens (tertiary/aromatic N) is 1. The smallest absolute Gasteiger partial charge is 0.0701 e. The van der Waals surface area contributed by atoms with E-state index in [2.05, 4.69) is 18.7 Å². The van der Waals surface area contributed by atoms with E-state index in [-0.39, 0.29) is 0 Å². The van der Waals surface area contributed by atoms with Gasteiger partial charge in [-0.15, -0.1) is 0 Å². The summed E-state index contributed by atoms with van der Waals surface area (Å²) in [7, 11) is 0. The van der Waals surface area contributed by atoms with Crippen LogP contribution in [-0.2, 0) is 14.2 Å². The van der Waals surface area contributed by atoms with Gasteiger partial charge in [-0.05, 0) is 32.2 Å². The quantitative estimate of drug-likeness (QED) is 0.523. The van der Waals surface area contributed by atoms with Gasteiger partial charge >= 0.3 is 0 Å². The highest BCUT2D eigenvalue weighted by Gasteiger charge is 2.27. The molecule has 5 heteroatoms. The van der Waals surface area contributed by atoms with Gasteiger partial charge in [0.05, 0.1) is 33.0 Å². The Kier molecular flexibility index (Phi) is 11.1. The zero-order chi connectivity index (χ0) is 15.3. The summed E-state index contributed by atoms with van der Waals surface area (Å²) in [5, 5.41) is 0. The molecule has 0 radical (unpaired) electrons. The van der Waals surface area contributed by atoms with Crippen molar-refractivity contribution in [2.45, 2.75) is 39.2 Å². The minimum atomic E-state index is 0.638. The highest BCUT2D eigenvalue weighted by Crippen LogP contribution is 2.21. The molecule has 0 aromatic heterocycles. The van der Waals surface area contributed by atoms with Crippen LogP contribution < -0.4 is 5.73 Å². The summed E-state index contributed by atoms with van der Waals surface area (Å²) in [6.07, 6.45) is 3.52. The highest BCUT2D eigenvalue weighted by molar-refractivity contribution is 4.82. The maximum Gasteiger partial charge on any atom is 0.0701 e. The normalized spacial score (nSPS) is 23.0. The van der Waals surface area contributed by atoms with Gasteiger partial charge in [0, 0.05) is 25.7 Å². The number of unbranched alkanes of at least 4 members (excludes halogenated alkanes) is 1. The predicted octanol–water partition coefficient (Wildman–Crippen LogP) is 1.51. The number of hydrogen-bond acceptors (Lipinski definition) is 5. The van der Waals surface area contributed by atoms with E-state index in [1.807, 2.05) is 0 Å². The van der Waals surface area contributed by atoms with E-state index in [4.69, 9.17) is 19.9 Å². The van der Waals surface area contributed by atoms with Crippen molar-refractivity contribution in [1.82, 2.24) is 4.90 Å². The predicted molar refractivity (Wildman–Crippen MR) is 85.6 cm³/mol. The largest absolute Gasteiger partial charge is 0.379 e. The molecule has 0 saturated carbocycles. The van der Waals surface area contributed by atoms with Crippen LogP contribution in [0.2, 0.25) is 0 Å². The first-order valence-corrected chi connectivity index (χ1v) is 8.45. The molecule has 21 heavy (non-hydrogen) atoms. The van der Waals surface area contributed by atoms with Gasteiger partial charge < -0.3 is 19.9 Å². The Morgan fingerprint density at radius 1 is 1.00 bits per heavy atom. The lowest BCUT2D eigenvalue weighted by atomic mass is 10.1.